The number of ether oxygens (including phenoxy) is 1. The first-order valence-corrected chi connectivity index (χ1v) is 8.04. The lowest BCUT2D eigenvalue weighted by atomic mass is 9.92. The van der Waals surface area contributed by atoms with Crippen molar-refractivity contribution in [1.29, 1.82) is 0 Å². The molecule has 1 aliphatic heterocycles. The average Bonchev–Trinajstić information content (AvgIpc) is 2.56. The van der Waals surface area contributed by atoms with E-state index >= 15 is 0 Å². The second-order valence-electron chi connectivity index (χ2n) is 6.02. The number of carbonyl (C=O) groups is 1. The Morgan fingerprint density at radius 2 is 2.17 bits per heavy atom. The Hall–Kier alpha value is -1.82. The number of aliphatic hydroxyl groups is 1. The van der Waals surface area contributed by atoms with Crippen LogP contribution in [0.1, 0.15) is 25.3 Å². The Bertz CT molecular complexity index is 529. The first kappa shape index (κ1) is 17.5. The van der Waals surface area contributed by atoms with Crippen LogP contribution in [0.5, 0.6) is 5.75 Å². The van der Waals surface area contributed by atoms with Gasteiger partial charge in [0.1, 0.15) is 0 Å². The normalized spacial score (nSPS) is 17.0. The molecule has 1 fully saturated rings. The Morgan fingerprint density at radius 3 is 2.78 bits per heavy atom. The number of piperidine rings is 1. The smallest absolute Gasteiger partial charge is 0.317 e. The maximum absolute atomic E-state index is 13.3. The number of nitrogens with one attached hydrogen (secondary N) is 1. The van der Waals surface area contributed by atoms with E-state index in [-0.39, 0.29) is 29.6 Å². The van der Waals surface area contributed by atoms with Crippen LogP contribution < -0.4 is 10.1 Å². The Balaban J connectivity index is 1.75. The van der Waals surface area contributed by atoms with Crippen LogP contribution in [0.3, 0.4) is 0 Å². The quantitative estimate of drug-likeness (QED) is 0.873. The highest BCUT2D eigenvalue weighted by Crippen LogP contribution is 2.20. The van der Waals surface area contributed by atoms with E-state index in [2.05, 4.69) is 5.32 Å². The van der Waals surface area contributed by atoms with Gasteiger partial charge in [0.05, 0.1) is 13.2 Å². The van der Waals surface area contributed by atoms with Gasteiger partial charge < -0.3 is 20.1 Å². The summed E-state index contributed by atoms with van der Waals surface area (Å²) in [6, 6.07) is 4.63. The summed E-state index contributed by atoms with van der Waals surface area (Å²) in [5, 5.41) is 12.5. The van der Waals surface area contributed by atoms with Gasteiger partial charge in [0.15, 0.2) is 11.6 Å². The number of hydrogen-bond acceptors (Lipinski definition) is 3. The minimum Gasteiger partial charge on any atom is -0.494 e. The fraction of sp³-hybridized carbons (Fsp3) is 0.588. The monoisotopic (exact) mass is 324 g/mol. The van der Waals surface area contributed by atoms with E-state index in [1.807, 2.05) is 0 Å². The van der Waals surface area contributed by atoms with Gasteiger partial charge in [0.2, 0.25) is 0 Å². The van der Waals surface area contributed by atoms with Crippen LogP contribution in [-0.4, -0.2) is 48.9 Å². The highest BCUT2D eigenvalue weighted by atomic mass is 19.1. The van der Waals surface area contributed by atoms with Crippen molar-refractivity contribution in [3.63, 3.8) is 0 Å². The zero-order valence-corrected chi connectivity index (χ0v) is 13.7. The molecule has 6 heteroatoms. The molecule has 1 atom stereocenters. The summed E-state index contributed by atoms with van der Waals surface area (Å²) in [6.07, 6.45) is 1.97. The summed E-state index contributed by atoms with van der Waals surface area (Å²) < 4.78 is 18.3. The number of hydrogen-bond donors (Lipinski definition) is 2. The van der Waals surface area contributed by atoms with Gasteiger partial charge in [-0.3, -0.25) is 0 Å². The van der Waals surface area contributed by atoms with Crippen molar-refractivity contribution < 1.29 is 19.0 Å². The summed E-state index contributed by atoms with van der Waals surface area (Å²) >= 11 is 0. The lowest BCUT2D eigenvalue weighted by Crippen LogP contribution is -2.46. The molecule has 0 radical (unpaired) electrons. The van der Waals surface area contributed by atoms with E-state index in [1.165, 1.54) is 13.2 Å². The van der Waals surface area contributed by atoms with Crippen molar-refractivity contribution >= 4 is 6.03 Å². The molecule has 1 aromatic rings. The molecular weight excluding hydrogens is 299 g/mol. The van der Waals surface area contributed by atoms with Crippen molar-refractivity contribution in [1.82, 2.24) is 10.2 Å². The first-order chi connectivity index (χ1) is 11.0. The van der Waals surface area contributed by atoms with Gasteiger partial charge in [0, 0.05) is 19.6 Å². The number of halogens is 1. The predicted octanol–water partition coefficient (Wildman–Crippen LogP) is 2.18. The van der Waals surface area contributed by atoms with Crippen molar-refractivity contribution in [2.75, 3.05) is 26.7 Å². The SMILES string of the molecule is COc1cc(CCNC(=O)N2CCC(C(C)O)CC2)ccc1F. The second kappa shape index (κ2) is 8.15. The Morgan fingerprint density at radius 1 is 1.48 bits per heavy atom. The summed E-state index contributed by atoms with van der Waals surface area (Å²) in [4.78, 5) is 13.9. The van der Waals surface area contributed by atoms with Gasteiger partial charge in [-0.15, -0.1) is 0 Å². The van der Waals surface area contributed by atoms with Gasteiger partial charge in [0.25, 0.3) is 0 Å². The van der Waals surface area contributed by atoms with Gasteiger partial charge in [-0.1, -0.05) is 6.07 Å². The Kier molecular flexibility index (Phi) is 6.21. The standard InChI is InChI=1S/C17H25FN2O3/c1-12(21)14-6-9-20(10-7-14)17(22)19-8-5-13-3-4-15(18)16(11-13)23-2/h3-4,11-12,14,21H,5-10H2,1-2H3,(H,19,22). The predicted molar refractivity (Wildman–Crippen MR) is 86.0 cm³/mol. The zero-order chi connectivity index (χ0) is 16.8. The highest BCUT2D eigenvalue weighted by Gasteiger charge is 2.25. The molecule has 1 unspecified atom stereocenters. The molecule has 0 saturated carbocycles. The number of amides is 2. The van der Waals surface area contributed by atoms with Crippen LogP contribution in [-0.2, 0) is 6.42 Å². The van der Waals surface area contributed by atoms with Crippen LogP contribution in [0, 0.1) is 11.7 Å². The van der Waals surface area contributed by atoms with Gasteiger partial charge in [-0.2, -0.15) is 0 Å². The molecule has 1 saturated heterocycles. The maximum atomic E-state index is 13.3. The van der Waals surface area contributed by atoms with E-state index in [0.717, 1.165) is 18.4 Å². The summed E-state index contributed by atoms with van der Waals surface area (Å²) in [5.41, 5.74) is 0.913. The minimum atomic E-state index is -0.388. The number of likely N-dealkylation sites (tertiary alicyclic amines) is 1. The van der Waals surface area contributed by atoms with Crippen LogP contribution >= 0.6 is 0 Å². The molecule has 1 heterocycles. The van der Waals surface area contributed by atoms with Crippen molar-refractivity contribution in [3.05, 3.63) is 29.6 Å². The van der Waals surface area contributed by atoms with Crippen molar-refractivity contribution in [2.45, 2.75) is 32.3 Å². The highest BCUT2D eigenvalue weighted by molar-refractivity contribution is 5.74. The number of methoxy groups -OCH3 is 1. The molecule has 0 bridgehead atoms. The number of benzene rings is 1. The molecule has 1 aliphatic rings. The van der Waals surface area contributed by atoms with E-state index in [0.29, 0.717) is 26.1 Å². The largest absolute Gasteiger partial charge is 0.494 e. The molecular formula is C17H25FN2O3. The van der Waals surface area contributed by atoms with E-state index in [1.54, 1.807) is 24.0 Å². The van der Waals surface area contributed by atoms with E-state index < -0.39 is 0 Å². The van der Waals surface area contributed by atoms with E-state index in [9.17, 15) is 14.3 Å². The van der Waals surface area contributed by atoms with Gasteiger partial charge in [-0.05, 0) is 49.8 Å². The molecule has 23 heavy (non-hydrogen) atoms. The average molecular weight is 324 g/mol. The third kappa shape index (κ3) is 4.82. The maximum Gasteiger partial charge on any atom is 0.317 e. The molecule has 0 aromatic heterocycles. The minimum absolute atomic E-state index is 0.0804. The molecule has 128 valence electrons. The molecule has 1 aromatic carbocycles. The van der Waals surface area contributed by atoms with Crippen LogP contribution in [0.25, 0.3) is 0 Å². The number of urea groups is 1. The number of rotatable bonds is 5. The molecule has 0 aliphatic carbocycles. The van der Waals surface area contributed by atoms with Crippen LogP contribution in [0.2, 0.25) is 0 Å². The number of nitrogens with zero attached hydrogens (tertiary/aromatic N) is 1. The number of carbonyl (C=O) groups excluding carboxylic acids is 1. The fourth-order valence-electron chi connectivity index (χ4n) is 2.87. The zero-order valence-electron chi connectivity index (χ0n) is 13.7. The summed E-state index contributed by atoms with van der Waals surface area (Å²) in [6.45, 7) is 3.64. The first-order valence-electron chi connectivity index (χ1n) is 8.04. The summed E-state index contributed by atoms with van der Waals surface area (Å²) in [5.74, 6) is 0.112. The molecule has 0 spiro atoms. The molecule has 2 rings (SSSR count). The third-order valence-corrected chi connectivity index (χ3v) is 4.41. The lowest BCUT2D eigenvalue weighted by Gasteiger charge is -2.33. The van der Waals surface area contributed by atoms with Crippen LogP contribution in [0.4, 0.5) is 9.18 Å². The molecule has 5 nitrogen and oxygen atoms in total. The molecule has 2 N–H and O–H groups in total. The summed E-state index contributed by atoms with van der Waals surface area (Å²) in [7, 11) is 1.43. The van der Waals surface area contributed by atoms with Crippen LogP contribution in [0.15, 0.2) is 18.2 Å². The number of aliphatic hydroxyl groups excluding tert-OH is 1. The Labute approximate surface area is 136 Å². The van der Waals surface area contributed by atoms with Gasteiger partial charge in [-0.25, -0.2) is 9.18 Å². The third-order valence-electron chi connectivity index (χ3n) is 4.41. The van der Waals surface area contributed by atoms with E-state index in [4.69, 9.17) is 4.74 Å². The lowest BCUT2D eigenvalue weighted by molar-refractivity contribution is 0.0799. The topological polar surface area (TPSA) is 61.8 Å². The van der Waals surface area contributed by atoms with Crippen molar-refractivity contribution in [3.8, 4) is 5.75 Å². The fourth-order valence-corrected chi connectivity index (χ4v) is 2.87. The van der Waals surface area contributed by atoms with Crippen molar-refractivity contribution in [2.24, 2.45) is 5.92 Å². The molecule has 2 amide bonds. The second-order valence-corrected chi connectivity index (χ2v) is 6.02. The van der Waals surface area contributed by atoms with Gasteiger partial charge >= 0.3 is 6.03 Å².